The number of hydrogen-bond donors (Lipinski definition) is 1. The molecule has 1 aliphatic rings. The van der Waals surface area contributed by atoms with Gasteiger partial charge in [-0.05, 0) is 43.0 Å². The highest BCUT2D eigenvalue weighted by molar-refractivity contribution is 14.0. The second kappa shape index (κ2) is 10.6. The molecule has 0 spiro atoms. The van der Waals surface area contributed by atoms with Crippen molar-refractivity contribution in [3.63, 3.8) is 0 Å². The molecule has 1 aromatic rings. The summed E-state index contributed by atoms with van der Waals surface area (Å²) in [5.74, 6) is 3.07. The van der Waals surface area contributed by atoms with Crippen LogP contribution in [0.25, 0.3) is 0 Å². The molecule has 1 atom stereocenters. The average Bonchev–Trinajstić information content (AvgIpc) is 2.55. The van der Waals surface area contributed by atoms with Crippen LogP contribution in [-0.4, -0.2) is 44.2 Å². The lowest BCUT2D eigenvalue weighted by atomic mass is 10.0. The fourth-order valence-corrected chi connectivity index (χ4v) is 2.62. The van der Waals surface area contributed by atoms with Crippen molar-refractivity contribution in [1.82, 2.24) is 4.90 Å². The van der Waals surface area contributed by atoms with Gasteiger partial charge in [-0.25, -0.2) is 0 Å². The van der Waals surface area contributed by atoms with Crippen molar-refractivity contribution < 1.29 is 9.47 Å². The van der Waals surface area contributed by atoms with Gasteiger partial charge in [-0.2, -0.15) is 0 Å². The van der Waals surface area contributed by atoms with Gasteiger partial charge in [-0.15, -0.1) is 24.0 Å². The van der Waals surface area contributed by atoms with Crippen molar-refractivity contribution in [3.8, 4) is 11.5 Å². The molecule has 1 saturated heterocycles. The third kappa shape index (κ3) is 6.85. The van der Waals surface area contributed by atoms with E-state index in [1.807, 2.05) is 24.3 Å². The summed E-state index contributed by atoms with van der Waals surface area (Å²) in [4.78, 5) is 6.65. The molecule has 2 N–H and O–H groups in total. The number of benzene rings is 1. The number of aliphatic imine (C=N–C) groups is 1. The van der Waals surface area contributed by atoms with Crippen LogP contribution in [0.15, 0.2) is 29.3 Å². The van der Waals surface area contributed by atoms with Gasteiger partial charge in [0.25, 0.3) is 0 Å². The van der Waals surface area contributed by atoms with Crippen LogP contribution in [0.2, 0.25) is 0 Å². The third-order valence-electron chi connectivity index (χ3n) is 3.89. The Morgan fingerprint density at radius 1 is 1.30 bits per heavy atom. The molecule has 130 valence electrons. The summed E-state index contributed by atoms with van der Waals surface area (Å²) in [7, 11) is 1.65. The molecule has 5 nitrogen and oxygen atoms in total. The van der Waals surface area contributed by atoms with Gasteiger partial charge in [0.2, 0.25) is 0 Å². The van der Waals surface area contributed by atoms with E-state index in [4.69, 9.17) is 15.2 Å². The van der Waals surface area contributed by atoms with Gasteiger partial charge >= 0.3 is 0 Å². The highest BCUT2D eigenvalue weighted by Crippen LogP contribution is 2.17. The summed E-state index contributed by atoms with van der Waals surface area (Å²) < 4.78 is 10.8. The van der Waals surface area contributed by atoms with Gasteiger partial charge in [-0.1, -0.05) is 6.92 Å². The van der Waals surface area contributed by atoms with Crippen LogP contribution in [-0.2, 0) is 0 Å². The molecule has 1 fully saturated rings. The molecular formula is C17H28IN3O2. The number of methoxy groups -OCH3 is 1. The number of halogens is 1. The number of nitrogens with two attached hydrogens (primary N) is 1. The molecule has 1 aromatic carbocycles. The minimum absolute atomic E-state index is 0. The van der Waals surface area contributed by atoms with Gasteiger partial charge < -0.3 is 20.1 Å². The number of nitrogens with zero attached hydrogens (tertiary/aromatic N) is 2. The Morgan fingerprint density at radius 2 is 2.00 bits per heavy atom. The molecule has 0 bridgehead atoms. The Balaban J connectivity index is 0.00000264. The maximum Gasteiger partial charge on any atom is 0.191 e. The van der Waals surface area contributed by atoms with Gasteiger partial charge in [0, 0.05) is 26.1 Å². The Labute approximate surface area is 156 Å². The van der Waals surface area contributed by atoms with Crippen LogP contribution in [0.4, 0.5) is 0 Å². The highest BCUT2D eigenvalue weighted by Gasteiger charge is 2.17. The summed E-state index contributed by atoms with van der Waals surface area (Å²) in [6.07, 6.45) is 3.35. The van der Waals surface area contributed by atoms with Crippen molar-refractivity contribution in [3.05, 3.63) is 24.3 Å². The van der Waals surface area contributed by atoms with E-state index >= 15 is 0 Å². The normalized spacial score (nSPS) is 18.3. The van der Waals surface area contributed by atoms with Crippen LogP contribution in [0.1, 0.15) is 26.2 Å². The van der Waals surface area contributed by atoms with Crippen molar-refractivity contribution in [2.45, 2.75) is 26.2 Å². The Hall–Kier alpha value is -1.18. The first-order chi connectivity index (χ1) is 10.7. The van der Waals surface area contributed by atoms with Crippen LogP contribution in [0, 0.1) is 5.92 Å². The maximum absolute atomic E-state index is 6.06. The minimum atomic E-state index is 0. The molecule has 0 amide bonds. The van der Waals surface area contributed by atoms with Crippen LogP contribution >= 0.6 is 24.0 Å². The monoisotopic (exact) mass is 433 g/mol. The zero-order chi connectivity index (χ0) is 15.8. The molecule has 0 aromatic heterocycles. The van der Waals surface area contributed by atoms with E-state index in [0.717, 1.165) is 31.0 Å². The molecule has 1 aliphatic heterocycles. The summed E-state index contributed by atoms with van der Waals surface area (Å²) >= 11 is 0. The average molecular weight is 433 g/mol. The first-order valence-electron chi connectivity index (χ1n) is 8.00. The molecule has 1 unspecified atom stereocenters. The Morgan fingerprint density at radius 3 is 2.65 bits per heavy atom. The maximum atomic E-state index is 6.06. The Bertz CT molecular complexity index is 479. The van der Waals surface area contributed by atoms with E-state index in [1.54, 1.807) is 7.11 Å². The number of hydrogen-bond acceptors (Lipinski definition) is 3. The summed E-state index contributed by atoms with van der Waals surface area (Å²) in [5.41, 5.74) is 6.06. The minimum Gasteiger partial charge on any atom is -0.497 e. The van der Waals surface area contributed by atoms with E-state index in [2.05, 4.69) is 16.8 Å². The number of piperidine rings is 1. The summed E-state index contributed by atoms with van der Waals surface area (Å²) in [6, 6.07) is 7.60. The number of guanidine groups is 1. The highest BCUT2D eigenvalue weighted by atomic mass is 127. The number of ether oxygens (including phenoxy) is 2. The standard InChI is InChI=1S/C17H27N3O2.HI/c1-14-5-3-11-20(13-14)17(18)19-10-4-12-22-16-8-6-15(21-2)7-9-16;/h6-9,14H,3-5,10-13H2,1-2H3,(H2,18,19);1H. The quantitative estimate of drug-likeness (QED) is 0.324. The summed E-state index contributed by atoms with van der Waals surface area (Å²) in [6.45, 7) is 5.66. The fraction of sp³-hybridized carbons (Fsp3) is 0.588. The van der Waals surface area contributed by atoms with Gasteiger partial charge in [0.1, 0.15) is 11.5 Å². The SMILES string of the molecule is COc1ccc(OCCCN=C(N)N2CCCC(C)C2)cc1.I. The van der Waals surface area contributed by atoms with Crippen LogP contribution in [0.3, 0.4) is 0 Å². The van der Waals surface area contributed by atoms with Crippen molar-refractivity contribution in [1.29, 1.82) is 0 Å². The van der Waals surface area contributed by atoms with E-state index in [1.165, 1.54) is 12.8 Å². The smallest absolute Gasteiger partial charge is 0.191 e. The lowest BCUT2D eigenvalue weighted by Crippen LogP contribution is -2.43. The molecule has 1 heterocycles. The summed E-state index contributed by atoms with van der Waals surface area (Å²) in [5, 5.41) is 0. The van der Waals surface area contributed by atoms with Gasteiger partial charge in [0.15, 0.2) is 5.96 Å². The van der Waals surface area contributed by atoms with E-state index < -0.39 is 0 Å². The third-order valence-corrected chi connectivity index (χ3v) is 3.89. The van der Waals surface area contributed by atoms with Crippen molar-refractivity contribution in [2.24, 2.45) is 16.6 Å². The van der Waals surface area contributed by atoms with E-state index in [0.29, 0.717) is 25.0 Å². The lowest BCUT2D eigenvalue weighted by molar-refractivity contribution is 0.269. The number of rotatable bonds is 6. The first-order valence-corrected chi connectivity index (χ1v) is 8.00. The van der Waals surface area contributed by atoms with Gasteiger partial charge in [-0.3, -0.25) is 4.99 Å². The van der Waals surface area contributed by atoms with Crippen LogP contribution in [0.5, 0.6) is 11.5 Å². The predicted molar refractivity (Wildman–Crippen MR) is 105 cm³/mol. The topological polar surface area (TPSA) is 60.1 Å². The molecule has 0 aliphatic carbocycles. The number of likely N-dealkylation sites (tertiary alicyclic amines) is 1. The molecular weight excluding hydrogens is 405 g/mol. The molecule has 0 radical (unpaired) electrons. The van der Waals surface area contributed by atoms with E-state index in [-0.39, 0.29) is 24.0 Å². The van der Waals surface area contributed by atoms with Gasteiger partial charge in [0.05, 0.1) is 13.7 Å². The fourth-order valence-electron chi connectivity index (χ4n) is 2.62. The van der Waals surface area contributed by atoms with E-state index in [9.17, 15) is 0 Å². The van der Waals surface area contributed by atoms with Crippen molar-refractivity contribution >= 4 is 29.9 Å². The molecule has 23 heavy (non-hydrogen) atoms. The van der Waals surface area contributed by atoms with Crippen molar-refractivity contribution in [2.75, 3.05) is 33.4 Å². The second-order valence-corrected chi connectivity index (χ2v) is 5.81. The lowest BCUT2D eigenvalue weighted by Gasteiger charge is -2.31. The van der Waals surface area contributed by atoms with Crippen LogP contribution < -0.4 is 15.2 Å². The zero-order valence-corrected chi connectivity index (χ0v) is 16.4. The Kier molecular flexibility index (Phi) is 9.13. The molecule has 2 rings (SSSR count). The predicted octanol–water partition coefficient (Wildman–Crippen LogP) is 3.13. The second-order valence-electron chi connectivity index (χ2n) is 5.81. The molecule has 0 saturated carbocycles. The largest absolute Gasteiger partial charge is 0.497 e. The zero-order valence-electron chi connectivity index (χ0n) is 14.0. The first kappa shape index (κ1) is 19.9. The molecule has 6 heteroatoms.